The summed E-state index contributed by atoms with van der Waals surface area (Å²) in [6, 6.07) is 1.89. The van der Waals surface area contributed by atoms with Crippen LogP contribution in [0.5, 0.6) is 0 Å². The molecule has 1 amide bonds. The molecule has 0 unspecified atom stereocenters. The van der Waals surface area contributed by atoms with Crippen LogP contribution in [0.2, 0.25) is 0 Å². The first-order valence-electron chi connectivity index (χ1n) is 9.77. The molecular weight excluding hydrogens is 344 g/mol. The summed E-state index contributed by atoms with van der Waals surface area (Å²) >= 11 is 0. The van der Waals surface area contributed by atoms with E-state index in [4.69, 9.17) is 9.72 Å². The average Bonchev–Trinajstić information content (AvgIpc) is 3.40. The topological polar surface area (TPSA) is 87.2 Å². The van der Waals surface area contributed by atoms with Crippen LogP contribution in [0, 0.1) is 0 Å². The number of carbonyl (C=O) groups excluding carboxylic acids is 1. The van der Waals surface area contributed by atoms with E-state index in [1.54, 1.807) is 12.4 Å². The van der Waals surface area contributed by atoms with Gasteiger partial charge in [-0.25, -0.2) is 9.97 Å². The maximum Gasteiger partial charge on any atom is 0.257 e. The highest BCUT2D eigenvalue weighted by Gasteiger charge is 2.29. The highest BCUT2D eigenvalue weighted by molar-refractivity contribution is 5.95. The van der Waals surface area contributed by atoms with Crippen molar-refractivity contribution in [3.05, 3.63) is 35.4 Å². The highest BCUT2D eigenvalue weighted by Crippen LogP contribution is 2.24. The number of rotatable bonds is 5. The molecule has 144 valence electrons. The van der Waals surface area contributed by atoms with Crippen LogP contribution in [-0.2, 0) is 11.2 Å². The van der Waals surface area contributed by atoms with Crippen molar-refractivity contribution >= 4 is 11.9 Å². The maximum absolute atomic E-state index is 13.0. The van der Waals surface area contributed by atoms with Gasteiger partial charge in [0.15, 0.2) is 0 Å². The zero-order valence-corrected chi connectivity index (χ0v) is 15.7. The molecule has 2 aliphatic heterocycles. The highest BCUT2D eigenvalue weighted by atomic mass is 16.5. The minimum absolute atomic E-state index is 0.00863. The molecule has 2 saturated heterocycles. The maximum atomic E-state index is 13.0. The molecule has 0 radical (unpaired) electrons. The second-order valence-corrected chi connectivity index (χ2v) is 7.10. The van der Waals surface area contributed by atoms with Gasteiger partial charge in [0.1, 0.15) is 6.10 Å². The van der Waals surface area contributed by atoms with Crippen molar-refractivity contribution in [1.82, 2.24) is 25.1 Å². The summed E-state index contributed by atoms with van der Waals surface area (Å²) in [6.07, 6.45) is 7.34. The smallest absolute Gasteiger partial charge is 0.257 e. The van der Waals surface area contributed by atoms with Crippen molar-refractivity contribution in [3.63, 3.8) is 0 Å². The van der Waals surface area contributed by atoms with Crippen LogP contribution >= 0.6 is 0 Å². The summed E-state index contributed by atoms with van der Waals surface area (Å²) in [5.41, 5.74) is 2.41. The van der Waals surface area contributed by atoms with E-state index in [1.807, 2.05) is 11.0 Å². The monoisotopic (exact) mass is 370 g/mol. The van der Waals surface area contributed by atoms with E-state index in [0.29, 0.717) is 25.3 Å². The molecule has 1 atom stereocenters. The van der Waals surface area contributed by atoms with Crippen molar-refractivity contribution in [1.29, 1.82) is 0 Å². The van der Waals surface area contributed by atoms with Crippen molar-refractivity contribution in [2.24, 2.45) is 0 Å². The lowest BCUT2D eigenvalue weighted by Crippen LogP contribution is -2.42. The summed E-state index contributed by atoms with van der Waals surface area (Å²) in [5.74, 6) is 0.770. The molecule has 1 N–H and O–H groups in total. The number of hydrogen-bond acceptors (Lipinski definition) is 6. The van der Waals surface area contributed by atoms with Crippen LogP contribution in [0.25, 0.3) is 0 Å². The molecule has 0 spiro atoms. The minimum Gasteiger partial charge on any atom is -0.368 e. The molecule has 0 aromatic carbocycles. The largest absolute Gasteiger partial charge is 0.368 e. The fourth-order valence-corrected chi connectivity index (χ4v) is 3.73. The zero-order chi connectivity index (χ0) is 18.6. The fraction of sp³-hybridized carbons (Fsp3) is 0.579. The van der Waals surface area contributed by atoms with Gasteiger partial charge in [0.25, 0.3) is 5.91 Å². The first-order valence-corrected chi connectivity index (χ1v) is 9.77. The van der Waals surface area contributed by atoms with Gasteiger partial charge in [0.2, 0.25) is 5.95 Å². The average molecular weight is 370 g/mol. The molecule has 2 aliphatic rings. The third kappa shape index (κ3) is 3.80. The van der Waals surface area contributed by atoms with Gasteiger partial charge in [-0.1, -0.05) is 13.3 Å². The van der Waals surface area contributed by atoms with E-state index >= 15 is 0 Å². The Morgan fingerprint density at radius 2 is 2.19 bits per heavy atom. The Morgan fingerprint density at radius 1 is 1.33 bits per heavy atom. The Hall–Kier alpha value is -2.48. The van der Waals surface area contributed by atoms with Gasteiger partial charge in [0.05, 0.1) is 30.6 Å². The van der Waals surface area contributed by atoms with Crippen LogP contribution < -0.4 is 4.90 Å². The molecule has 0 saturated carbocycles. The number of H-pyrrole nitrogens is 1. The second-order valence-electron chi connectivity index (χ2n) is 7.10. The molecule has 0 aliphatic carbocycles. The lowest BCUT2D eigenvalue weighted by molar-refractivity contribution is -0.0247. The number of carbonyl (C=O) groups is 1. The number of morpholine rings is 1. The first kappa shape index (κ1) is 17.9. The zero-order valence-electron chi connectivity index (χ0n) is 15.7. The van der Waals surface area contributed by atoms with Crippen LogP contribution in [-0.4, -0.2) is 63.8 Å². The third-order valence-electron chi connectivity index (χ3n) is 5.19. The molecule has 8 heteroatoms. The number of nitrogens with one attached hydrogen (secondary N) is 1. The molecule has 27 heavy (non-hydrogen) atoms. The number of ether oxygens (including phenoxy) is 1. The number of aryl methyl sites for hydroxylation is 1. The lowest BCUT2D eigenvalue weighted by atomic mass is 10.1. The number of anilines is 1. The Kier molecular flexibility index (Phi) is 5.33. The third-order valence-corrected chi connectivity index (χ3v) is 5.19. The van der Waals surface area contributed by atoms with E-state index in [0.717, 1.165) is 43.3 Å². The Bertz CT molecular complexity index is 786. The summed E-state index contributed by atoms with van der Waals surface area (Å²) in [5, 5.41) is 7.01. The normalized spacial score (nSPS) is 20.3. The van der Waals surface area contributed by atoms with Gasteiger partial charge < -0.3 is 14.5 Å². The number of aromatic nitrogens is 4. The quantitative estimate of drug-likeness (QED) is 0.866. The summed E-state index contributed by atoms with van der Waals surface area (Å²) < 4.78 is 5.93. The van der Waals surface area contributed by atoms with Gasteiger partial charge in [-0.05, 0) is 25.3 Å². The fourth-order valence-electron chi connectivity index (χ4n) is 3.73. The lowest BCUT2D eigenvalue weighted by Gasteiger charge is -2.33. The Labute approximate surface area is 158 Å². The van der Waals surface area contributed by atoms with Crippen LogP contribution in [0.15, 0.2) is 18.5 Å². The number of hydrogen-bond donors (Lipinski definition) is 1. The predicted molar refractivity (Wildman–Crippen MR) is 101 cm³/mol. The second kappa shape index (κ2) is 8.04. The number of aromatic amines is 1. The van der Waals surface area contributed by atoms with Gasteiger partial charge in [-0.3, -0.25) is 9.89 Å². The first-order chi connectivity index (χ1) is 13.3. The summed E-state index contributed by atoms with van der Waals surface area (Å²) in [4.78, 5) is 26.2. The van der Waals surface area contributed by atoms with E-state index < -0.39 is 0 Å². The predicted octanol–water partition coefficient (Wildman–Crippen LogP) is 1.97. The molecular formula is C19H26N6O2. The number of nitrogens with zero attached hydrogens (tertiary/aromatic N) is 5. The minimum atomic E-state index is -0.228. The van der Waals surface area contributed by atoms with E-state index in [9.17, 15) is 4.79 Å². The van der Waals surface area contributed by atoms with Gasteiger partial charge in [0, 0.05) is 31.5 Å². The van der Waals surface area contributed by atoms with Crippen LogP contribution in [0.4, 0.5) is 5.95 Å². The van der Waals surface area contributed by atoms with Crippen molar-refractivity contribution in [2.75, 3.05) is 37.7 Å². The molecule has 2 aromatic rings. The Morgan fingerprint density at radius 3 is 3.00 bits per heavy atom. The van der Waals surface area contributed by atoms with E-state index in [-0.39, 0.29) is 12.0 Å². The van der Waals surface area contributed by atoms with Gasteiger partial charge in [-0.15, -0.1) is 0 Å². The molecule has 8 nitrogen and oxygen atoms in total. The molecule has 4 rings (SSSR count). The molecule has 4 heterocycles. The van der Waals surface area contributed by atoms with Crippen molar-refractivity contribution in [2.45, 2.75) is 38.7 Å². The Balaban J connectivity index is 1.49. The SMILES string of the molecule is CCCc1[nH]ncc1C(=O)N1CCO[C@@H](c2ccnc(N3CCCC3)n2)C1. The van der Waals surface area contributed by atoms with Crippen molar-refractivity contribution < 1.29 is 9.53 Å². The van der Waals surface area contributed by atoms with Gasteiger partial charge in [-0.2, -0.15) is 5.10 Å². The summed E-state index contributed by atoms with van der Waals surface area (Å²) in [6.45, 7) is 5.66. The van der Waals surface area contributed by atoms with Crippen molar-refractivity contribution in [3.8, 4) is 0 Å². The number of amides is 1. The van der Waals surface area contributed by atoms with E-state index in [2.05, 4.69) is 27.0 Å². The van der Waals surface area contributed by atoms with Crippen LogP contribution in [0.3, 0.4) is 0 Å². The molecule has 2 fully saturated rings. The van der Waals surface area contributed by atoms with Crippen LogP contribution in [0.1, 0.15) is 54.0 Å². The molecule has 0 bridgehead atoms. The standard InChI is InChI=1S/C19H26N6O2/c1-2-5-15-14(12-21-23-15)18(26)25-10-11-27-17(13-25)16-6-7-20-19(22-16)24-8-3-4-9-24/h6-7,12,17H,2-5,8-11,13H2,1H3,(H,21,23)/t17-/m1/s1. The van der Waals surface area contributed by atoms with Gasteiger partial charge >= 0.3 is 0 Å². The summed E-state index contributed by atoms with van der Waals surface area (Å²) in [7, 11) is 0. The molecule has 2 aromatic heterocycles. The van der Waals surface area contributed by atoms with E-state index in [1.165, 1.54) is 12.8 Å².